The first-order valence-electron chi connectivity index (χ1n) is 7.07. The van der Waals surface area contributed by atoms with E-state index in [1.807, 2.05) is 48.7 Å². The van der Waals surface area contributed by atoms with E-state index in [4.69, 9.17) is 4.74 Å². The van der Waals surface area contributed by atoms with Gasteiger partial charge < -0.3 is 4.74 Å². The van der Waals surface area contributed by atoms with E-state index in [1.165, 1.54) is 11.3 Å². The summed E-state index contributed by atoms with van der Waals surface area (Å²) in [4.78, 5) is 8.55. The van der Waals surface area contributed by atoms with Crippen LogP contribution in [0, 0.1) is 0 Å². The van der Waals surface area contributed by atoms with E-state index in [2.05, 4.69) is 20.5 Å². The predicted molar refractivity (Wildman–Crippen MR) is 94.2 cm³/mol. The van der Waals surface area contributed by atoms with Gasteiger partial charge in [0.25, 0.3) is 0 Å². The predicted octanol–water partition coefficient (Wildman–Crippen LogP) is 4.05. The van der Waals surface area contributed by atoms with Gasteiger partial charge in [0.1, 0.15) is 5.75 Å². The lowest BCUT2D eigenvalue weighted by Crippen LogP contribution is -1.99. The summed E-state index contributed by atoms with van der Waals surface area (Å²) in [6.07, 6.45) is 3.50. The minimum Gasteiger partial charge on any atom is -0.497 e. The number of hydrogen-bond donors (Lipinski definition) is 1. The molecule has 0 saturated heterocycles. The zero-order chi connectivity index (χ0) is 16.1. The fourth-order valence-electron chi connectivity index (χ4n) is 2.01. The first-order valence-corrected chi connectivity index (χ1v) is 7.95. The summed E-state index contributed by atoms with van der Waals surface area (Å²) < 4.78 is 5.16. The highest BCUT2D eigenvalue weighted by molar-refractivity contribution is 7.14. The Bertz CT molecular complexity index is 797. The molecule has 23 heavy (non-hydrogen) atoms. The third-order valence-corrected chi connectivity index (χ3v) is 4.05. The monoisotopic (exact) mass is 324 g/mol. The molecule has 0 unspecified atom stereocenters. The molecule has 0 saturated carbocycles. The van der Waals surface area contributed by atoms with Gasteiger partial charge >= 0.3 is 0 Å². The van der Waals surface area contributed by atoms with Crippen LogP contribution in [0.15, 0.2) is 59.3 Å². The third kappa shape index (κ3) is 3.73. The Morgan fingerprint density at radius 2 is 1.87 bits per heavy atom. The maximum Gasteiger partial charge on any atom is 0.203 e. The minimum absolute atomic E-state index is 0.754. The number of benzene rings is 1. The van der Waals surface area contributed by atoms with Crippen molar-refractivity contribution in [3.8, 4) is 17.0 Å². The number of ether oxygens (including phenoxy) is 1. The second-order valence-corrected chi connectivity index (χ2v) is 5.67. The topological polar surface area (TPSA) is 59.4 Å². The van der Waals surface area contributed by atoms with Gasteiger partial charge in [-0.15, -0.1) is 11.3 Å². The number of aromatic nitrogens is 2. The van der Waals surface area contributed by atoms with Gasteiger partial charge in [-0.25, -0.2) is 4.98 Å². The van der Waals surface area contributed by atoms with E-state index in [0.717, 1.165) is 33.4 Å². The molecule has 0 aliphatic carbocycles. The first-order chi connectivity index (χ1) is 11.3. The van der Waals surface area contributed by atoms with E-state index in [0.29, 0.717) is 0 Å². The van der Waals surface area contributed by atoms with Crippen molar-refractivity contribution in [1.29, 1.82) is 0 Å². The summed E-state index contributed by atoms with van der Waals surface area (Å²) in [6.45, 7) is 1.94. The van der Waals surface area contributed by atoms with Crippen molar-refractivity contribution >= 4 is 22.2 Å². The summed E-state index contributed by atoms with van der Waals surface area (Å²) >= 11 is 1.52. The summed E-state index contributed by atoms with van der Waals surface area (Å²) in [5.74, 6) is 0.833. The van der Waals surface area contributed by atoms with E-state index in [-0.39, 0.29) is 0 Å². The second kappa shape index (κ2) is 7.02. The highest BCUT2D eigenvalue weighted by Crippen LogP contribution is 2.26. The van der Waals surface area contributed by atoms with Crippen molar-refractivity contribution < 1.29 is 4.74 Å². The number of nitrogens with one attached hydrogen (secondary N) is 1. The first kappa shape index (κ1) is 15.2. The molecule has 116 valence electrons. The van der Waals surface area contributed by atoms with Crippen molar-refractivity contribution in [2.24, 2.45) is 5.10 Å². The molecule has 0 spiro atoms. The lowest BCUT2D eigenvalue weighted by atomic mass is 10.2. The molecule has 2 aromatic heterocycles. The molecule has 6 heteroatoms. The van der Waals surface area contributed by atoms with Gasteiger partial charge in [0.05, 0.1) is 18.5 Å². The van der Waals surface area contributed by atoms with Crippen LogP contribution in [0.4, 0.5) is 5.13 Å². The summed E-state index contributed by atoms with van der Waals surface area (Å²) in [5.41, 5.74) is 6.88. The van der Waals surface area contributed by atoms with Gasteiger partial charge in [0.15, 0.2) is 0 Å². The van der Waals surface area contributed by atoms with Crippen LogP contribution < -0.4 is 10.2 Å². The van der Waals surface area contributed by atoms with Crippen LogP contribution in [-0.4, -0.2) is 22.8 Å². The Hall–Kier alpha value is -2.73. The molecule has 0 aliphatic rings. The number of thiazole rings is 1. The molecule has 1 aromatic carbocycles. The van der Waals surface area contributed by atoms with Crippen LogP contribution in [0.3, 0.4) is 0 Å². The number of nitrogens with zero attached hydrogens (tertiary/aromatic N) is 3. The largest absolute Gasteiger partial charge is 0.497 e. The van der Waals surface area contributed by atoms with Gasteiger partial charge in [-0.1, -0.05) is 0 Å². The Morgan fingerprint density at radius 3 is 2.57 bits per heavy atom. The van der Waals surface area contributed by atoms with Gasteiger partial charge in [0.2, 0.25) is 5.13 Å². The van der Waals surface area contributed by atoms with Crippen molar-refractivity contribution in [2.45, 2.75) is 6.92 Å². The average molecular weight is 324 g/mol. The number of methoxy groups -OCH3 is 1. The maximum atomic E-state index is 5.16. The van der Waals surface area contributed by atoms with Gasteiger partial charge in [-0.05, 0) is 43.3 Å². The highest BCUT2D eigenvalue weighted by atomic mass is 32.1. The molecule has 0 amide bonds. The van der Waals surface area contributed by atoms with Crippen LogP contribution >= 0.6 is 11.3 Å². The molecule has 0 radical (unpaired) electrons. The quantitative estimate of drug-likeness (QED) is 0.568. The van der Waals surface area contributed by atoms with Crippen LogP contribution in [0.1, 0.15) is 12.5 Å². The number of hydrogen-bond acceptors (Lipinski definition) is 6. The van der Waals surface area contributed by atoms with Crippen molar-refractivity contribution in [3.63, 3.8) is 0 Å². The molecule has 0 atom stereocenters. The van der Waals surface area contributed by atoms with E-state index in [9.17, 15) is 0 Å². The number of pyridine rings is 1. The normalized spacial score (nSPS) is 11.3. The lowest BCUT2D eigenvalue weighted by Gasteiger charge is -2.01. The number of anilines is 1. The number of hydrazone groups is 1. The van der Waals surface area contributed by atoms with Gasteiger partial charge in [-0.2, -0.15) is 5.10 Å². The van der Waals surface area contributed by atoms with E-state index >= 15 is 0 Å². The highest BCUT2D eigenvalue weighted by Gasteiger charge is 2.05. The van der Waals surface area contributed by atoms with Crippen LogP contribution in [-0.2, 0) is 0 Å². The molecular weight excluding hydrogens is 308 g/mol. The van der Waals surface area contributed by atoms with Crippen LogP contribution in [0.5, 0.6) is 5.75 Å². The number of rotatable bonds is 5. The molecule has 5 nitrogen and oxygen atoms in total. The molecule has 0 bridgehead atoms. The molecule has 2 heterocycles. The summed E-state index contributed by atoms with van der Waals surface area (Å²) in [5, 5.41) is 7.12. The molecule has 3 rings (SSSR count). The fourth-order valence-corrected chi connectivity index (χ4v) is 2.67. The smallest absolute Gasteiger partial charge is 0.203 e. The maximum absolute atomic E-state index is 5.16. The third-order valence-electron chi connectivity index (χ3n) is 3.31. The van der Waals surface area contributed by atoms with Crippen molar-refractivity contribution in [2.75, 3.05) is 12.5 Å². The standard InChI is InChI=1S/C17H16N4OS/c1-12(13-7-9-18-10-8-13)20-21-17-19-16(11-23-17)14-3-5-15(22-2)6-4-14/h3-11H,1-2H3,(H,19,21)/b20-12+. The van der Waals surface area contributed by atoms with Crippen LogP contribution in [0.2, 0.25) is 0 Å². The zero-order valence-corrected chi connectivity index (χ0v) is 13.7. The minimum atomic E-state index is 0.754. The Kier molecular flexibility index (Phi) is 4.63. The Balaban J connectivity index is 1.72. The average Bonchev–Trinajstić information content (AvgIpc) is 3.09. The van der Waals surface area contributed by atoms with Gasteiger partial charge in [0, 0.05) is 28.9 Å². The van der Waals surface area contributed by atoms with E-state index in [1.54, 1.807) is 19.5 Å². The molecule has 1 N–H and O–H groups in total. The van der Waals surface area contributed by atoms with Crippen molar-refractivity contribution in [3.05, 3.63) is 59.7 Å². The molecular formula is C17H16N4OS. The summed E-state index contributed by atoms with van der Waals surface area (Å²) in [7, 11) is 1.66. The Labute approximate surface area is 138 Å². The van der Waals surface area contributed by atoms with Crippen molar-refractivity contribution in [1.82, 2.24) is 9.97 Å². The van der Waals surface area contributed by atoms with E-state index < -0.39 is 0 Å². The Morgan fingerprint density at radius 1 is 1.13 bits per heavy atom. The second-order valence-electron chi connectivity index (χ2n) is 4.81. The fraction of sp³-hybridized carbons (Fsp3) is 0.118. The van der Waals surface area contributed by atoms with Crippen LogP contribution in [0.25, 0.3) is 11.3 Å². The molecule has 0 fully saturated rings. The van der Waals surface area contributed by atoms with Gasteiger partial charge in [-0.3, -0.25) is 10.4 Å². The molecule has 0 aliphatic heterocycles. The zero-order valence-electron chi connectivity index (χ0n) is 12.9. The SMILES string of the molecule is COc1ccc(-c2csc(N/N=C(\C)c3ccncc3)n2)cc1. The molecule has 3 aromatic rings. The summed E-state index contributed by atoms with van der Waals surface area (Å²) in [6, 6.07) is 11.7. The lowest BCUT2D eigenvalue weighted by molar-refractivity contribution is 0.415.